The van der Waals surface area contributed by atoms with Crippen LogP contribution in [0.5, 0.6) is 5.75 Å². The van der Waals surface area contributed by atoms with E-state index in [9.17, 15) is 0 Å². The summed E-state index contributed by atoms with van der Waals surface area (Å²) in [5, 5.41) is 29.8. The molecule has 27 heavy (non-hydrogen) atoms. The number of likely N-dealkylation sites (N-methyl/N-ethyl adjacent to an activating group) is 3. The van der Waals surface area contributed by atoms with E-state index in [0.717, 1.165) is 19.1 Å². The average molecular weight is 471 g/mol. The molecule has 1 saturated heterocycles. The maximum absolute atomic E-state index is 8.57. The Hall–Kier alpha value is -0.627. The summed E-state index contributed by atoms with van der Waals surface area (Å²) < 4.78 is 0. The van der Waals surface area contributed by atoms with Gasteiger partial charge in [0.15, 0.2) is 0 Å². The molecule has 1 fully saturated rings. The summed E-state index contributed by atoms with van der Waals surface area (Å²) in [7, 11) is 6.26. The minimum Gasteiger partial charge on any atom is -0.664 e. The fourth-order valence-electron chi connectivity index (χ4n) is 2.37. The van der Waals surface area contributed by atoms with Gasteiger partial charge >= 0.3 is 19.5 Å². The molecule has 1 aliphatic rings. The van der Waals surface area contributed by atoms with Crippen LogP contribution in [0, 0.1) is 0 Å². The fourth-order valence-corrected chi connectivity index (χ4v) is 2.37. The Morgan fingerprint density at radius 2 is 1.96 bits per heavy atom. The van der Waals surface area contributed by atoms with Gasteiger partial charge in [-0.3, -0.25) is 4.98 Å². The average Bonchev–Trinajstić information content (AvgIpc) is 2.57. The molecule has 0 bridgehead atoms. The summed E-state index contributed by atoms with van der Waals surface area (Å²) in [5.74, 6) is 0.211. The Bertz CT molecular complexity index is 432. The van der Waals surface area contributed by atoms with Crippen molar-refractivity contribution in [1.29, 1.82) is 0 Å². The molecule has 0 aromatic carbocycles. The Morgan fingerprint density at radius 3 is 2.22 bits per heavy atom. The topological polar surface area (TPSA) is 94.2 Å². The van der Waals surface area contributed by atoms with Gasteiger partial charge in [-0.2, -0.15) is 7.05 Å². The zero-order valence-electron chi connectivity index (χ0n) is 17.3. The molecule has 3 N–H and O–H groups in total. The first kappa shape index (κ1) is 28.6. The van der Waals surface area contributed by atoms with E-state index < -0.39 is 0 Å². The number of likely N-dealkylation sites (tertiary alicyclic amines) is 1. The molecule has 8 heteroatoms. The van der Waals surface area contributed by atoms with Crippen molar-refractivity contribution in [1.82, 2.24) is 14.8 Å². The summed E-state index contributed by atoms with van der Waals surface area (Å²) in [6, 6.07) is 4.05. The zero-order valence-corrected chi connectivity index (χ0v) is 19.0. The van der Waals surface area contributed by atoms with E-state index in [4.69, 9.17) is 15.3 Å². The minimum absolute atomic E-state index is 0. The first-order chi connectivity index (χ1) is 12.3. The summed E-state index contributed by atoms with van der Waals surface area (Å²) in [4.78, 5) is 8.42. The third-order valence-corrected chi connectivity index (χ3v) is 3.99. The van der Waals surface area contributed by atoms with Gasteiger partial charge < -0.3 is 30.4 Å². The number of aromatic hydroxyl groups is 1. The van der Waals surface area contributed by atoms with Gasteiger partial charge in [0.1, 0.15) is 5.75 Å². The Kier molecular flexibility index (Phi) is 18.5. The van der Waals surface area contributed by atoms with Gasteiger partial charge in [0.05, 0.1) is 18.4 Å². The molecule has 1 aromatic heterocycles. The van der Waals surface area contributed by atoms with Crippen molar-refractivity contribution in [2.24, 2.45) is 0 Å². The molecular formula is C19H37N4O3Ru+2. The predicted octanol–water partition coefficient (Wildman–Crippen LogP) is 1.55. The third-order valence-electron chi connectivity index (χ3n) is 3.99. The van der Waals surface area contributed by atoms with E-state index in [2.05, 4.69) is 34.2 Å². The van der Waals surface area contributed by atoms with Crippen LogP contribution < -0.4 is 0 Å². The van der Waals surface area contributed by atoms with Crippen molar-refractivity contribution < 1.29 is 34.8 Å². The summed E-state index contributed by atoms with van der Waals surface area (Å²) in [6.45, 7) is 7.86. The second kappa shape index (κ2) is 17.5. The van der Waals surface area contributed by atoms with Crippen molar-refractivity contribution in [3.05, 3.63) is 29.8 Å². The molecule has 3 unspecified atom stereocenters. The molecule has 1 aliphatic heterocycles. The molecule has 0 saturated carbocycles. The molecule has 0 amide bonds. The molecule has 2 rings (SSSR count). The van der Waals surface area contributed by atoms with E-state index in [1.807, 2.05) is 7.05 Å². The number of hydrogen-bond donors (Lipinski definition) is 3. The molecule has 0 spiro atoms. The third kappa shape index (κ3) is 17.2. The number of aliphatic hydroxyl groups is 2. The van der Waals surface area contributed by atoms with Gasteiger partial charge in [0, 0.05) is 18.8 Å². The van der Waals surface area contributed by atoms with Crippen molar-refractivity contribution in [3.8, 4) is 5.75 Å². The number of nitrogens with zero attached hydrogens (tertiary/aromatic N) is 4. The summed E-state index contributed by atoms with van der Waals surface area (Å²) in [5.41, 5.74) is 0. The molecule has 3 atom stereocenters. The van der Waals surface area contributed by atoms with Crippen molar-refractivity contribution in [2.75, 3.05) is 47.3 Å². The van der Waals surface area contributed by atoms with Gasteiger partial charge in [-0.1, -0.05) is 0 Å². The van der Waals surface area contributed by atoms with Crippen LogP contribution in [0.1, 0.15) is 26.7 Å². The SMILES string of the molecule is CC(O)CC(C)O.C[N-]CCN(C)CC1CCN1C.Oc1cccnc1.[Ru+3]. The predicted molar refractivity (Wildman–Crippen MR) is 107 cm³/mol. The van der Waals surface area contributed by atoms with Crippen molar-refractivity contribution in [3.63, 3.8) is 0 Å². The first-order valence-electron chi connectivity index (χ1n) is 9.15. The van der Waals surface area contributed by atoms with Gasteiger partial charge in [-0.15, -0.1) is 6.54 Å². The number of rotatable bonds is 7. The molecule has 1 radical (unpaired) electrons. The summed E-state index contributed by atoms with van der Waals surface area (Å²) >= 11 is 0. The van der Waals surface area contributed by atoms with Crippen LogP contribution in [0.3, 0.4) is 0 Å². The molecule has 7 nitrogen and oxygen atoms in total. The van der Waals surface area contributed by atoms with E-state index in [-0.39, 0.29) is 37.4 Å². The fraction of sp³-hybridized carbons (Fsp3) is 0.737. The second-order valence-corrected chi connectivity index (χ2v) is 6.87. The Balaban J connectivity index is 0. The number of aliphatic hydroxyl groups excluding tert-OH is 2. The smallest absolute Gasteiger partial charge is 0.664 e. The number of hydrogen-bond acceptors (Lipinski definition) is 6. The quantitative estimate of drug-likeness (QED) is 0.524. The van der Waals surface area contributed by atoms with Crippen LogP contribution in [-0.4, -0.2) is 95.7 Å². The number of aromatic nitrogens is 1. The van der Waals surface area contributed by atoms with Crippen LogP contribution >= 0.6 is 0 Å². The molecule has 1 aromatic rings. The molecule has 2 heterocycles. The maximum Gasteiger partial charge on any atom is 3.00 e. The van der Waals surface area contributed by atoms with Crippen molar-refractivity contribution in [2.45, 2.75) is 44.9 Å². The zero-order chi connectivity index (χ0) is 19.9. The van der Waals surface area contributed by atoms with Crippen molar-refractivity contribution >= 4 is 0 Å². The normalized spacial score (nSPS) is 18.0. The second-order valence-electron chi connectivity index (χ2n) is 6.87. The summed E-state index contributed by atoms with van der Waals surface area (Å²) in [6.07, 6.45) is 4.09. The van der Waals surface area contributed by atoms with E-state index in [0.29, 0.717) is 6.42 Å². The van der Waals surface area contributed by atoms with Crippen LogP contribution in [0.25, 0.3) is 5.32 Å². The van der Waals surface area contributed by atoms with Crippen LogP contribution in [0.15, 0.2) is 24.5 Å². The largest absolute Gasteiger partial charge is 3.00 e. The van der Waals surface area contributed by atoms with Gasteiger partial charge in [0.25, 0.3) is 0 Å². The van der Waals surface area contributed by atoms with E-state index in [1.54, 1.807) is 32.2 Å². The Morgan fingerprint density at radius 1 is 1.33 bits per heavy atom. The van der Waals surface area contributed by atoms with E-state index in [1.165, 1.54) is 25.7 Å². The van der Waals surface area contributed by atoms with Gasteiger partial charge in [-0.05, 0) is 66.0 Å². The standard InChI is InChI=1S/C9H20N3.C5H5NO.C5H12O2.Ru/c1-10-5-7-11(2)8-9-4-6-12(9)3;7-5-2-1-3-6-4-5;1-4(6)3-5(2)7;/h9H,4-8H2,1-3H3;1-4,7H;4-7H,3H2,1-2H3;/q-1;;;+3. The maximum atomic E-state index is 8.57. The monoisotopic (exact) mass is 471 g/mol. The Labute approximate surface area is 177 Å². The van der Waals surface area contributed by atoms with Gasteiger partial charge in [0.2, 0.25) is 0 Å². The van der Waals surface area contributed by atoms with Gasteiger partial charge in [-0.25, -0.2) is 0 Å². The van der Waals surface area contributed by atoms with Crippen LogP contribution in [-0.2, 0) is 19.5 Å². The molecule has 157 valence electrons. The van der Waals surface area contributed by atoms with E-state index >= 15 is 0 Å². The van der Waals surface area contributed by atoms with Crippen LogP contribution in [0.2, 0.25) is 0 Å². The number of pyridine rings is 1. The first-order valence-corrected chi connectivity index (χ1v) is 9.15. The molecular weight excluding hydrogens is 433 g/mol. The molecule has 0 aliphatic carbocycles. The van der Waals surface area contributed by atoms with Crippen LogP contribution in [0.4, 0.5) is 0 Å². The minimum atomic E-state index is -0.375.